The summed E-state index contributed by atoms with van der Waals surface area (Å²) in [5.74, 6) is -0.603. The first-order valence-corrected chi connectivity index (χ1v) is 6.74. The summed E-state index contributed by atoms with van der Waals surface area (Å²) in [7, 11) is -3.35. The Morgan fingerprint density at radius 3 is 2.82 bits per heavy atom. The van der Waals surface area contributed by atoms with Crippen molar-refractivity contribution in [3.05, 3.63) is 28.7 Å². The lowest BCUT2D eigenvalue weighted by atomic mass is 10.3. The van der Waals surface area contributed by atoms with Crippen LogP contribution in [0, 0.1) is 0 Å². The van der Waals surface area contributed by atoms with Crippen molar-refractivity contribution in [2.24, 2.45) is 5.73 Å². The van der Waals surface area contributed by atoms with E-state index in [0.717, 1.165) is 0 Å². The summed E-state index contributed by atoms with van der Waals surface area (Å²) in [6.45, 7) is 0.323. The van der Waals surface area contributed by atoms with Gasteiger partial charge in [-0.05, 0) is 31.2 Å². The number of nitrogens with two attached hydrogens (primary N) is 1. The molecular weight excluding hydrogens is 244 g/mol. The molecule has 0 aliphatic rings. The topological polar surface area (TPSA) is 106 Å². The molecule has 2 rings (SSSR count). The normalized spacial score (nSPS) is 12.1. The molecule has 6 nitrogen and oxygen atoms in total. The van der Waals surface area contributed by atoms with E-state index in [1.807, 2.05) is 0 Å². The zero-order chi connectivity index (χ0) is 12.5. The number of H-pyrrole nitrogens is 1. The Balaban J connectivity index is 2.45. The van der Waals surface area contributed by atoms with Crippen molar-refractivity contribution < 1.29 is 12.8 Å². The Morgan fingerprint density at radius 2 is 2.12 bits per heavy atom. The van der Waals surface area contributed by atoms with Gasteiger partial charge < -0.3 is 10.2 Å². The van der Waals surface area contributed by atoms with Crippen molar-refractivity contribution in [3.8, 4) is 0 Å². The smallest absolute Gasteiger partial charge is 0.408 e. The lowest BCUT2D eigenvalue weighted by Gasteiger charge is -2.02. The van der Waals surface area contributed by atoms with E-state index in [4.69, 9.17) is 10.2 Å². The van der Waals surface area contributed by atoms with Gasteiger partial charge in [-0.1, -0.05) is 0 Å². The van der Waals surface area contributed by atoms with E-state index < -0.39 is 15.6 Å². The van der Waals surface area contributed by atoms with Gasteiger partial charge in [0.25, 0.3) is 0 Å². The monoisotopic (exact) mass is 256 g/mol. The van der Waals surface area contributed by atoms with Gasteiger partial charge in [0.1, 0.15) is 0 Å². The maximum atomic E-state index is 11.9. The zero-order valence-electron chi connectivity index (χ0n) is 8.97. The Kier molecular flexibility index (Phi) is 3.03. The van der Waals surface area contributed by atoms with Gasteiger partial charge in [0.05, 0.1) is 16.2 Å². The van der Waals surface area contributed by atoms with E-state index in [9.17, 15) is 13.2 Å². The number of fused-ring (bicyclic) bond motifs is 1. The third-order valence-electron chi connectivity index (χ3n) is 2.37. The van der Waals surface area contributed by atoms with Crippen LogP contribution >= 0.6 is 0 Å². The minimum Gasteiger partial charge on any atom is -0.408 e. The number of rotatable bonds is 4. The molecule has 0 amide bonds. The highest BCUT2D eigenvalue weighted by Gasteiger charge is 2.15. The molecule has 0 aliphatic heterocycles. The van der Waals surface area contributed by atoms with E-state index in [2.05, 4.69) is 4.98 Å². The molecule has 0 unspecified atom stereocenters. The van der Waals surface area contributed by atoms with Crippen LogP contribution in [0.15, 0.2) is 32.3 Å². The van der Waals surface area contributed by atoms with Gasteiger partial charge in [-0.2, -0.15) is 0 Å². The number of aromatic nitrogens is 1. The predicted molar refractivity (Wildman–Crippen MR) is 62.6 cm³/mol. The number of aromatic amines is 1. The first-order valence-electron chi connectivity index (χ1n) is 5.08. The van der Waals surface area contributed by atoms with Crippen LogP contribution in [0.1, 0.15) is 6.42 Å². The van der Waals surface area contributed by atoms with E-state index in [1.54, 1.807) is 0 Å². The summed E-state index contributed by atoms with van der Waals surface area (Å²) in [6, 6.07) is 4.28. The number of oxazole rings is 1. The third kappa shape index (κ3) is 2.40. The highest BCUT2D eigenvalue weighted by atomic mass is 32.2. The lowest BCUT2D eigenvalue weighted by molar-refractivity contribution is 0.555. The van der Waals surface area contributed by atoms with Crippen LogP contribution in [-0.2, 0) is 9.84 Å². The molecule has 3 N–H and O–H groups in total. The average Bonchev–Trinajstić information content (AvgIpc) is 2.65. The molecular formula is C10H12N2O4S. The number of sulfone groups is 1. The van der Waals surface area contributed by atoms with E-state index in [0.29, 0.717) is 24.1 Å². The quantitative estimate of drug-likeness (QED) is 0.815. The van der Waals surface area contributed by atoms with Gasteiger partial charge in [0.2, 0.25) is 0 Å². The van der Waals surface area contributed by atoms with Crippen LogP contribution in [-0.4, -0.2) is 25.7 Å². The summed E-state index contributed by atoms with van der Waals surface area (Å²) in [5, 5.41) is 0. The molecule has 0 atom stereocenters. The Bertz CT molecular complexity index is 684. The molecule has 92 valence electrons. The van der Waals surface area contributed by atoms with Crippen molar-refractivity contribution >= 4 is 20.9 Å². The summed E-state index contributed by atoms with van der Waals surface area (Å²) < 4.78 is 28.5. The molecule has 1 aromatic heterocycles. The average molecular weight is 256 g/mol. The summed E-state index contributed by atoms with van der Waals surface area (Å²) >= 11 is 0. The number of hydrogen-bond donors (Lipinski definition) is 2. The van der Waals surface area contributed by atoms with Crippen molar-refractivity contribution in [1.29, 1.82) is 0 Å². The minimum atomic E-state index is -3.35. The van der Waals surface area contributed by atoms with Gasteiger partial charge in [0.15, 0.2) is 15.4 Å². The Morgan fingerprint density at radius 1 is 1.35 bits per heavy atom. The fourth-order valence-corrected chi connectivity index (χ4v) is 2.87. The van der Waals surface area contributed by atoms with Crippen LogP contribution in [0.25, 0.3) is 11.1 Å². The van der Waals surface area contributed by atoms with Crippen molar-refractivity contribution in [3.63, 3.8) is 0 Å². The maximum absolute atomic E-state index is 11.9. The third-order valence-corrected chi connectivity index (χ3v) is 4.17. The Hall–Kier alpha value is -1.60. The molecule has 17 heavy (non-hydrogen) atoms. The number of benzene rings is 1. The standard InChI is InChI=1S/C10H12N2O4S/c11-4-1-5-17(14,15)7-2-3-9-8(6-7)12-10(13)16-9/h2-3,6H,1,4-5,11H2,(H,12,13). The molecule has 0 bridgehead atoms. The highest BCUT2D eigenvalue weighted by Crippen LogP contribution is 2.17. The second-order valence-electron chi connectivity index (χ2n) is 3.63. The molecule has 7 heteroatoms. The SMILES string of the molecule is NCCCS(=O)(=O)c1ccc2oc(=O)[nH]c2c1. The van der Waals surface area contributed by atoms with Crippen LogP contribution < -0.4 is 11.5 Å². The van der Waals surface area contributed by atoms with E-state index >= 15 is 0 Å². The van der Waals surface area contributed by atoms with Crippen molar-refractivity contribution in [2.45, 2.75) is 11.3 Å². The van der Waals surface area contributed by atoms with Crippen LogP contribution in [0.4, 0.5) is 0 Å². The van der Waals surface area contributed by atoms with Gasteiger partial charge in [0, 0.05) is 0 Å². The molecule has 0 saturated carbocycles. The van der Waals surface area contributed by atoms with Crippen molar-refractivity contribution in [1.82, 2.24) is 4.98 Å². The minimum absolute atomic E-state index is 0.00289. The lowest BCUT2D eigenvalue weighted by Crippen LogP contribution is -2.11. The first-order chi connectivity index (χ1) is 8.03. The summed E-state index contributed by atoms with van der Waals surface area (Å²) in [6.07, 6.45) is 0.405. The van der Waals surface area contributed by atoms with Gasteiger partial charge >= 0.3 is 5.76 Å². The van der Waals surface area contributed by atoms with Gasteiger partial charge in [-0.15, -0.1) is 0 Å². The molecule has 1 aromatic carbocycles. The zero-order valence-corrected chi connectivity index (χ0v) is 9.79. The second kappa shape index (κ2) is 4.34. The van der Waals surface area contributed by atoms with Gasteiger partial charge in [-0.25, -0.2) is 13.2 Å². The number of hydrogen-bond acceptors (Lipinski definition) is 5. The summed E-state index contributed by atoms with van der Waals surface area (Å²) in [5.41, 5.74) is 6.00. The van der Waals surface area contributed by atoms with Crippen molar-refractivity contribution in [2.75, 3.05) is 12.3 Å². The Labute approximate surface area is 97.3 Å². The van der Waals surface area contributed by atoms with E-state index in [-0.39, 0.29) is 10.6 Å². The predicted octanol–water partition coefficient (Wildman–Crippen LogP) is 0.244. The van der Waals surface area contributed by atoms with Gasteiger partial charge in [-0.3, -0.25) is 4.98 Å². The molecule has 0 spiro atoms. The molecule has 1 heterocycles. The fourth-order valence-electron chi connectivity index (χ4n) is 1.52. The van der Waals surface area contributed by atoms with Crippen LogP contribution in [0.2, 0.25) is 0 Å². The molecule has 0 fully saturated rings. The largest absolute Gasteiger partial charge is 0.417 e. The summed E-state index contributed by atoms with van der Waals surface area (Å²) in [4.78, 5) is 13.5. The second-order valence-corrected chi connectivity index (χ2v) is 5.74. The maximum Gasteiger partial charge on any atom is 0.417 e. The fraction of sp³-hybridized carbons (Fsp3) is 0.300. The molecule has 0 aliphatic carbocycles. The molecule has 2 aromatic rings. The first kappa shape index (κ1) is 11.9. The van der Waals surface area contributed by atoms with Crippen LogP contribution in [0.5, 0.6) is 0 Å². The van der Waals surface area contributed by atoms with E-state index in [1.165, 1.54) is 18.2 Å². The molecule has 0 radical (unpaired) electrons. The highest BCUT2D eigenvalue weighted by molar-refractivity contribution is 7.91. The number of nitrogens with one attached hydrogen (secondary N) is 1. The molecule has 0 saturated heterocycles. The van der Waals surface area contributed by atoms with Crippen LogP contribution in [0.3, 0.4) is 0 Å².